The molecular formula is C19H20ClN3O. The third kappa shape index (κ3) is 3.44. The lowest BCUT2D eigenvalue weighted by molar-refractivity contribution is 0.410. The number of methoxy groups -OCH3 is 1. The molecule has 0 saturated carbocycles. The van der Waals surface area contributed by atoms with Gasteiger partial charge >= 0.3 is 0 Å². The molecule has 124 valence electrons. The topological polar surface area (TPSA) is 39.9 Å². The maximum absolute atomic E-state index is 6.05. The average Bonchev–Trinajstić information content (AvgIpc) is 3.15. The summed E-state index contributed by atoms with van der Waals surface area (Å²) in [4.78, 5) is 4.13. The van der Waals surface area contributed by atoms with Gasteiger partial charge in [0.15, 0.2) is 0 Å². The van der Waals surface area contributed by atoms with Crippen molar-refractivity contribution in [2.24, 2.45) is 0 Å². The fraction of sp³-hybridized carbons (Fsp3) is 0.263. The standard InChI is InChI=1S/C19H20ClN3O/c1-3-18(14-4-8-16(20)9-5-14)19(23-13-21-12-22-23)15-6-10-17(24-2)11-7-15/h4-13,18-19H,3H2,1-2H3/t18?,19-/m1/s1. The molecule has 0 saturated heterocycles. The molecule has 0 amide bonds. The average molecular weight is 342 g/mol. The zero-order chi connectivity index (χ0) is 16.9. The Morgan fingerprint density at radius 1 is 1.04 bits per heavy atom. The predicted octanol–water partition coefficient (Wildman–Crippen LogP) is 4.72. The summed E-state index contributed by atoms with van der Waals surface area (Å²) < 4.78 is 7.20. The number of aromatic nitrogens is 3. The summed E-state index contributed by atoms with van der Waals surface area (Å²) in [5, 5.41) is 5.14. The molecule has 1 heterocycles. The molecular weight excluding hydrogens is 322 g/mol. The zero-order valence-electron chi connectivity index (χ0n) is 13.8. The van der Waals surface area contributed by atoms with E-state index in [1.54, 1.807) is 19.8 Å². The minimum absolute atomic E-state index is 0.0598. The van der Waals surface area contributed by atoms with Gasteiger partial charge in [-0.2, -0.15) is 5.10 Å². The third-order valence-electron chi connectivity index (χ3n) is 4.30. The summed E-state index contributed by atoms with van der Waals surface area (Å²) in [5.41, 5.74) is 2.40. The van der Waals surface area contributed by atoms with Crippen LogP contribution in [0.4, 0.5) is 0 Å². The first-order valence-corrected chi connectivity index (χ1v) is 8.34. The van der Waals surface area contributed by atoms with Crippen LogP contribution in [0.1, 0.15) is 36.4 Å². The number of halogens is 1. The van der Waals surface area contributed by atoms with Crippen LogP contribution in [0, 0.1) is 0 Å². The van der Waals surface area contributed by atoms with Crippen LogP contribution in [0.25, 0.3) is 0 Å². The quantitative estimate of drug-likeness (QED) is 0.651. The van der Waals surface area contributed by atoms with Gasteiger partial charge in [0.1, 0.15) is 18.4 Å². The minimum atomic E-state index is 0.0598. The second-order valence-electron chi connectivity index (χ2n) is 5.66. The summed E-state index contributed by atoms with van der Waals surface area (Å²) in [7, 11) is 1.67. The lowest BCUT2D eigenvalue weighted by Gasteiger charge is -2.27. The van der Waals surface area contributed by atoms with Crippen molar-refractivity contribution in [3.8, 4) is 5.75 Å². The Morgan fingerprint density at radius 2 is 1.71 bits per heavy atom. The Morgan fingerprint density at radius 3 is 2.25 bits per heavy atom. The number of rotatable bonds is 6. The highest BCUT2D eigenvalue weighted by molar-refractivity contribution is 6.30. The van der Waals surface area contributed by atoms with E-state index in [9.17, 15) is 0 Å². The Bertz CT molecular complexity index is 754. The molecule has 1 aromatic heterocycles. The lowest BCUT2D eigenvalue weighted by atomic mass is 9.85. The van der Waals surface area contributed by atoms with E-state index >= 15 is 0 Å². The van der Waals surface area contributed by atoms with Gasteiger partial charge in [0, 0.05) is 10.9 Å². The number of hydrogen-bond donors (Lipinski definition) is 0. The highest BCUT2D eigenvalue weighted by atomic mass is 35.5. The van der Waals surface area contributed by atoms with Crippen molar-refractivity contribution >= 4 is 11.6 Å². The van der Waals surface area contributed by atoms with Crippen LogP contribution in [-0.2, 0) is 0 Å². The van der Waals surface area contributed by atoms with Gasteiger partial charge < -0.3 is 4.74 Å². The van der Waals surface area contributed by atoms with Crippen LogP contribution in [-0.4, -0.2) is 21.9 Å². The fourth-order valence-corrected chi connectivity index (χ4v) is 3.21. The van der Waals surface area contributed by atoms with Gasteiger partial charge in [-0.25, -0.2) is 9.67 Å². The molecule has 0 spiro atoms. The molecule has 0 N–H and O–H groups in total. The number of hydrogen-bond acceptors (Lipinski definition) is 3. The molecule has 3 aromatic rings. The predicted molar refractivity (Wildman–Crippen MR) is 95.6 cm³/mol. The van der Waals surface area contributed by atoms with E-state index in [0.29, 0.717) is 0 Å². The van der Waals surface area contributed by atoms with E-state index in [-0.39, 0.29) is 12.0 Å². The number of benzene rings is 2. The molecule has 5 heteroatoms. The van der Waals surface area contributed by atoms with E-state index in [0.717, 1.165) is 17.2 Å². The fourth-order valence-electron chi connectivity index (χ4n) is 3.08. The summed E-state index contributed by atoms with van der Waals surface area (Å²) >= 11 is 6.05. The van der Waals surface area contributed by atoms with E-state index in [1.807, 2.05) is 28.9 Å². The summed E-state index contributed by atoms with van der Waals surface area (Å²) in [5.74, 6) is 1.10. The minimum Gasteiger partial charge on any atom is -0.497 e. The van der Waals surface area contributed by atoms with Crippen LogP contribution in [0.15, 0.2) is 61.2 Å². The first-order valence-electron chi connectivity index (χ1n) is 7.96. The van der Waals surface area contributed by atoms with E-state index in [2.05, 4.69) is 41.3 Å². The maximum atomic E-state index is 6.05. The van der Waals surface area contributed by atoms with Crippen molar-refractivity contribution in [3.05, 3.63) is 77.3 Å². The van der Waals surface area contributed by atoms with Gasteiger partial charge in [0.2, 0.25) is 0 Å². The van der Waals surface area contributed by atoms with Crippen LogP contribution in [0.3, 0.4) is 0 Å². The van der Waals surface area contributed by atoms with E-state index in [1.165, 1.54) is 11.1 Å². The molecule has 0 bridgehead atoms. The van der Waals surface area contributed by atoms with Crippen LogP contribution < -0.4 is 4.74 Å². The molecule has 2 atom stereocenters. The first-order chi connectivity index (χ1) is 11.7. The van der Waals surface area contributed by atoms with Crippen molar-refractivity contribution in [1.82, 2.24) is 14.8 Å². The molecule has 0 aliphatic rings. The maximum Gasteiger partial charge on any atom is 0.137 e. The van der Waals surface area contributed by atoms with Gasteiger partial charge in [0.05, 0.1) is 13.2 Å². The summed E-state index contributed by atoms with van der Waals surface area (Å²) in [6.07, 6.45) is 4.32. The van der Waals surface area contributed by atoms with Crippen LogP contribution in [0.2, 0.25) is 5.02 Å². The highest BCUT2D eigenvalue weighted by Crippen LogP contribution is 2.37. The van der Waals surface area contributed by atoms with Gasteiger partial charge in [-0.05, 0) is 41.8 Å². The molecule has 4 nitrogen and oxygen atoms in total. The van der Waals surface area contributed by atoms with E-state index in [4.69, 9.17) is 16.3 Å². The molecule has 2 aromatic carbocycles. The Labute approximate surface area is 147 Å². The Hall–Kier alpha value is -2.33. The van der Waals surface area contributed by atoms with Gasteiger partial charge in [0.25, 0.3) is 0 Å². The van der Waals surface area contributed by atoms with E-state index < -0.39 is 0 Å². The number of ether oxygens (including phenoxy) is 1. The zero-order valence-corrected chi connectivity index (χ0v) is 14.5. The summed E-state index contributed by atoms with van der Waals surface area (Å²) in [6, 6.07) is 16.2. The van der Waals surface area contributed by atoms with Gasteiger partial charge in [-0.1, -0.05) is 42.8 Å². The molecule has 24 heavy (non-hydrogen) atoms. The second-order valence-corrected chi connectivity index (χ2v) is 6.10. The third-order valence-corrected chi connectivity index (χ3v) is 4.55. The molecule has 0 aliphatic heterocycles. The molecule has 0 aliphatic carbocycles. The van der Waals surface area contributed by atoms with Gasteiger partial charge in [-0.3, -0.25) is 0 Å². The lowest BCUT2D eigenvalue weighted by Crippen LogP contribution is -2.19. The monoisotopic (exact) mass is 341 g/mol. The van der Waals surface area contributed by atoms with Crippen molar-refractivity contribution in [2.75, 3.05) is 7.11 Å². The SMILES string of the molecule is CCC(c1ccc(Cl)cc1)[C@@H](c1ccc(OC)cc1)n1cncn1. The molecule has 3 rings (SSSR count). The molecule has 0 radical (unpaired) electrons. The Balaban J connectivity index is 2.04. The first kappa shape index (κ1) is 16.5. The summed E-state index contributed by atoms with van der Waals surface area (Å²) in [6.45, 7) is 2.19. The van der Waals surface area contributed by atoms with Gasteiger partial charge in [-0.15, -0.1) is 0 Å². The van der Waals surface area contributed by atoms with Crippen molar-refractivity contribution in [2.45, 2.75) is 25.3 Å². The molecule has 0 fully saturated rings. The smallest absolute Gasteiger partial charge is 0.137 e. The molecule has 1 unspecified atom stereocenters. The normalized spacial score (nSPS) is 13.5. The van der Waals surface area contributed by atoms with Crippen molar-refractivity contribution < 1.29 is 4.74 Å². The van der Waals surface area contributed by atoms with Crippen LogP contribution >= 0.6 is 11.6 Å². The Kier molecular flexibility index (Phi) is 5.16. The van der Waals surface area contributed by atoms with Crippen molar-refractivity contribution in [3.63, 3.8) is 0 Å². The largest absolute Gasteiger partial charge is 0.497 e. The number of nitrogens with zero attached hydrogens (tertiary/aromatic N) is 3. The van der Waals surface area contributed by atoms with Crippen molar-refractivity contribution in [1.29, 1.82) is 0 Å². The highest BCUT2D eigenvalue weighted by Gasteiger charge is 2.26. The second kappa shape index (κ2) is 7.49. The van der Waals surface area contributed by atoms with Crippen LogP contribution in [0.5, 0.6) is 5.75 Å².